The van der Waals surface area contributed by atoms with Gasteiger partial charge in [-0.3, -0.25) is 52.7 Å². The average molecular weight is 1320 g/mol. The van der Waals surface area contributed by atoms with Gasteiger partial charge < -0.3 is 70.9 Å². The molecule has 528 valence electrons. The predicted octanol–water partition coefficient (Wildman–Crippen LogP) is 2.87. The monoisotopic (exact) mass is 1320 g/mol. The predicted molar refractivity (Wildman–Crippen MR) is 358 cm³/mol. The van der Waals surface area contributed by atoms with Crippen molar-refractivity contribution in [2.45, 2.75) is 247 Å². The minimum Gasteiger partial charge on any atom is -0.393 e. The molecule has 1 rings (SSSR count). The molecule has 0 saturated carbocycles. The molecule has 1 fully saturated rings. The third-order valence-corrected chi connectivity index (χ3v) is 18.3. The van der Waals surface area contributed by atoms with Crippen LogP contribution in [0.4, 0.5) is 0 Å². The van der Waals surface area contributed by atoms with Gasteiger partial charge in [0.15, 0.2) is 0 Å². The van der Waals surface area contributed by atoms with E-state index in [2.05, 4.69) is 21.3 Å². The molecular weight excluding hydrogens is 1200 g/mol. The van der Waals surface area contributed by atoms with Gasteiger partial charge in [0.1, 0.15) is 66.5 Å². The van der Waals surface area contributed by atoms with Crippen LogP contribution < -0.4 is 21.3 Å². The Balaban J connectivity index is 4.55. The van der Waals surface area contributed by atoms with Crippen LogP contribution in [0.2, 0.25) is 0 Å². The van der Waals surface area contributed by atoms with Gasteiger partial charge in [0.25, 0.3) is 0 Å². The van der Waals surface area contributed by atoms with Crippen molar-refractivity contribution in [2.75, 3.05) is 60.8 Å². The molecule has 0 spiro atoms. The van der Waals surface area contributed by atoms with Crippen molar-refractivity contribution < 1.29 is 68.1 Å². The normalized spacial score (nSPS) is 27.1. The first-order valence-electron chi connectivity index (χ1n) is 32.7. The fraction of sp³-hybridized carbons (Fsp3) is 0.803. The number of likely N-dealkylation sites (N-methyl/N-ethyl adjacent to an activating group) is 7. The summed E-state index contributed by atoms with van der Waals surface area (Å²) >= 11 is 1.13. The topological polar surface area (TPSA) is 319 Å². The lowest BCUT2D eigenvalue weighted by molar-refractivity contribution is -0.157. The van der Waals surface area contributed by atoms with E-state index in [1.165, 1.54) is 96.6 Å². The van der Waals surface area contributed by atoms with Gasteiger partial charge in [0.05, 0.1) is 17.8 Å². The number of rotatable bonds is 19. The number of hydrogen-bond acceptors (Lipinski definition) is 15. The molecule has 1 heterocycles. The lowest BCUT2D eigenvalue weighted by Crippen LogP contribution is -2.64. The molecule has 1 aliphatic heterocycles. The number of thioether (sulfide) groups is 1. The van der Waals surface area contributed by atoms with E-state index in [0.29, 0.717) is 0 Å². The van der Waals surface area contributed by atoms with Crippen LogP contribution >= 0.6 is 11.8 Å². The third kappa shape index (κ3) is 24.2. The summed E-state index contributed by atoms with van der Waals surface area (Å²) < 4.78 is 0. The van der Waals surface area contributed by atoms with Gasteiger partial charge in [0.2, 0.25) is 65.0 Å². The highest BCUT2D eigenvalue weighted by atomic mass is 32.2. The quantitative estimate of drug-likeness (QED) is 0.0915. The summed E-state index contributed by atoms with van der Waals surface area (Å²) in [6.45, 7) is 30.2. The molecule has 0 aromatic heterocycles. The maximum absolute atomic E-state index is 15.3. The summed E-state index contributed by atoms with van der Waals surface area (Å²) in [4.78, 5) is 171. The first kappa shape index (κ1) is 84.2. The molecule has 0 bridgehead atoms. The van der Waals surface area contributed by atoms with Crippen molar-refractivity contribution in [3.05, 3.63) is 12.2 Å². The van der Waals surface area contributed by atoms with Crippen LogP contribution in [0.15, 0.2) is 12.2 Å². The molecular formula is C66H119N11O14S. The number of allylic oxidation sites excluding steroid dienone is 2. The Morgan fingerprint density at radius 1 is 0.489 bits per heavy atom. The Morgan fingerprint density at radius 3 is 1.37 bits per heavy atom. The van der Waals surface area contributed by atoms with E-state index >= 15 is 28.8 Å². The minimum absolute atomic E-state index is 0.0616. The SMILES string of the molecule is C/C=C/C[C@@H](C)[C@@H](O)[C@H]1C(=O)N[C@@H](CC)C(=O)N(C)[C@@H](CSCC(C)O)C(=O)N(C)[C@@H](CC(C)(C)O)C(=O)N[C@@H](C(C)C)C(=O)N(C)[C@@H](CC(C)C)C(=O)N[C@@H](C)C(=O)N[C@H](C)C(=O)N(C)[C@@H](CC(C)C)C(=O)N(C)[C@@H](CC(C)C)C(=O)N(C)[C@@H](C(C)C)C(=O)N1C. The van der Waals surface area contributed by atoms with E-state index in [4.69, 9.17) is 0 Å². The van der Waals surface area contributed by atoms with Crippen LogP contribution in [0, 0.1) is 35.5 Å². The highest BCUT2D eigenvalue weighted by Crippen LogP contribution is 2.27. The van der Waals surface area contributed by atoms with Gasteiger partial charge >= 0.3 is 0 Å². The fourth-order valence-corrected chi connectivity index (χ4v) is 12.4. The number of nitrogens with zero attached hydrogens (tertiary/aromatic N) is 7. The van der Waals surface area contributed by atoms with Crippen LogP contribution in [0.1, 0.15) is 163 Å². The molecule has 0 aromatic carbocycles. The van der Waals surface area contributed by atoms with E-state index in [1.807, 2.05) is 41.5 Å². The zero-order valence-electron chi connectivity index (χ0n) is 60.2. The van der Waals surface area contributed by atoms with Gasteiger partial charge in [-0.05, 0) is 109 Å². The van der Waals surface area contributed by atoms with Crippen molar-refractivity contribution in [2.24, 2.45) is 35.5 Å². The van der Waals surface area contributed by atoms with Gasteiger partial charge in [-0.15, -0.1) is 0 Å². The fourth-order valence-electron chi connectivity index (χ4n) is 11.3. The highest BCUT2D eigenvalue weighted by molar-refractivity contribution is 7.99. The summed E-state index contributed by atoms with van der Waals surface area (Å²) in [5, 5.41) is 44.8. The molecule has 1 saturated heterocycles. The van der Waals surface area contributed by atoms with Crippen LogP contribution in [0.25, 0.3) is 0 Å². The second-order valence-corrected chi connectivity index (χ2v) is 29.2. The number of amides is 11. The Bertz CT molecular complexity index is 2520. The third-order valence-electron chi connectivity index (χ3n) is 17.0. The molecule has 0 radical (unpaired) electrons. The van der Waals surface area contributed by atoms with Crippen LogP contribution in [0.3, 0.4) is 0 Å². The molecule has 1 aliphatic rings. The number of carbonyl (C=O) groups excluding carboxylic acids is 11. The van der Waals surface area contributed by atoms with E-state index in [-0.39, 0.29) is 67.8 Å². The van der Waals surface area contributed by atoms with Crippen molar-refractivity contribution in [3.8, 4) is 0 Å². The lowest BCUT2D eigenvalue weighted by atomic mass is 9.91. The first-order chi connectivity index (χ1) is 42.3. The Morgan fingerprint density at radius 2 is 0.913 bits per heavy atom. The highest BCUT2D eigenvalue weighted by Gasteiger charge is 2.47. The van der Waals surface area contributed by atoms with Crippen molar-refractivity contribution >= 4 is 76.7 Å². The molecule has 25 nitrogen and oxygen atoms in total. The molecule has 7 N–H and O–H groups in total. The van der Waals surface area contributed by atoms with Crippen molar-refractivity contribution in [1.29, 1.82) is 0 Å². The molecule has 0 aromatic rings. The summed E-state index contributed by atoms with van der Waals surface area (Å²) in [6.07, 6.45) is 1.35. The van der Waals surface area contributed by atoms with E-state index < -0.39 is 167 Å². The van der Waals surface area contributed by atoms with Crippen molar-refractivity contribution in [1.82, 2.24) is 55.6 Å². The number of carbonyl (C=O) groups is 11. The standard InChI is InChI=1S/C66H119N11O14S/c1-26-28-29-41(13)54(79)53-58(83)69-45(27-2)60(85)75(23)50(35-92-34-42(14)78)63(88)74(22)49(33-66(17,18)91)57(82)70-51(39(9)10)64(89)71(19)46(30-36(3)4)56(81)67-43(15)55(80)68-44(16)59(84)72(20)47(31-37(5)6)61(86)73(21)48(32-38(7)8)62(87)76(24)52(40(11)12)65(90)77(53)25/h26,28,36-54,78-79,91H,27,29-35H2,1-25H3,(H,67,81)(H,68,80)(H,69,83)(H,70,82)/b28-26+/t41-,42?,43+,44-,45+,46+,47+,48+,49+,50+,51+,52+,53+,54-/m1/s1. The first-order valence-corrected chi connectivity index (χ1v) is 33.8. The average Bonchev–Trinajstić information content (AvgIpc) is 0.830. The lowest BCUT2D eigenvalue weighted by Gasteiger charge is -2.41. The number of aliphatic hydroxyl groups is 3. The van der Waals surface area contributed by atoms with E-state index in [0.717, 1.165) is 26.5 Å². The van der Waals surface area contributed by atoms with Gasteiger partial charge in [-0.25, -0.2) is 0 Å². The summed E-state index contributed by atoms with van der Waals surface area (Å²) in [6, 6.07) is -14.7. The smallest absolute Gasteiger partial charge is 0.246 e. The zero-order chi connectivity index (χ0) is 71.5. The summed E-state index contributed by atoms with van der Waals surface area (Å²) in [5.74, 6) is -10.7. The van der Waals surface area contributed by atoms with Crippen LogP contribution in [-0.2, 0) is 52.7 Å². The van der Waals surface area contributed by atoms with Gasteiger partial charge in [0, 0.05) is 67.3 Å². The minimum atomic E-state index is -1.68. The molecule has 11 amide bonds. The van der Waals surface area contributed by atoms with Gasteiger partial charge in [-0.2, -0.15) is 11.8 Å². The number of nitrogens with one attached hydrogen (secondary N) is 4. The second-order valence-electron chi connectivity index (χ2n) is 28.1. The number of aliphatic hydroxyl groups excluding tert-OH is 2. The Hall–Kier alpha value is -5.86. The van der Waals surface area contributed by atoms with E-state index in [9.17, 15) is 39.3 Å². The Labute approximate surface area is 554 Å². The molecule has 1 unspecified atom stereocenters. The maximum Gasteiger partial charge on any atom is 0.246 e. The zero-order valence-corrected chi connectivity index (χ0v) is 61.0. The summed E-state index contributed by atoms with van der Waals surface area (Å²) in [7, 11) is 9.68. The Kier molecular flexibility index (Phi) is 34.7. The second kappa shape index (κ2) is 37.9. The molecule has 0 aliphatic carbocycles. The van der Waals surface area contributed by atoms with Crippen molar-refractivity contribution in [3.63, 3.8) is 0 Å². The molecule has 92 heavy (non-hydrogen) atoms. The van der Waals surface area contributed by atoms with Gasteiger partial charge in [-0.1, -0.05) is 95.2 Å². The molecule has 26 heteroatoms. The van der Waals surface area contributed by atoms with Crippen LogP contribution in [0.5, 0.6) is 0 Å². The largest absolute Gasteiger partial charge is 0.393 e. The number of hydrogen-bond donors (Lipinski definition) is 7. The molecule has 14 atom stereocenters. The maximum atomic E-state index is 15.3. The summed E-state index contributed by atoms with van der Waals surface area (Å²) in [5.41, 5.74) is -1.61. The van der Waals surface area contributed by atoms with E-state index in [1.54, 1.807) is 67.5 Å². The van der Waals surface area contributed by atoms with Crippen LogP contribution in [-0.4, -0.2) is 260 Å².